The van der Waals surface area contributed by atoms with Crippen molar-refractivity contribution in [1.29, 1.82) is 0 Å². The number of rotatable bonds is 5. The van der Waals surface area contributed by atoms with E-state index in [-0.39, 0.29) is 18.4 Å². The second-order valence-corrected chi connectivity index (χ2v) is 4.76. The van der Waals surface area contributed by atoms with Gasteiger partial charge in [0, 0.05) is 25.6 Å². The second-order valence-electron chi connectivity index (χ2n) is 4.37. The zero-order chi connectivity index (χ0) is 13.7. The van der Waals surface area contributed by atoms with Crippen molar-refractivity contribution in [1.82, 2.24) is 15.3 Å². The third-order valence-electron chi connectivity index (χ3n) is 2.36. The predicted molar refractivity (Wildman–Crippen MR) is 73.1 cm³/mol. The van der Waals surface area contributed by atoms with E-state index in [1.165, 1.54) is 0 Å². The Morgan fingerprint density at radius 3 is 2.72 bits per heavy atom. The first-order valence-electron chi connectivity index (χ1n) is 5.96. The lowest BCUT2D eigenvalue weighted by Crippen LogP contribution is -2.35. The number of likely N-dealkylation sites (N-methyl/N-ethyl adjacent to an activating group) is 2. The van der Waals surface area contributed by atoms with Gasteiger partial charge in [0.1, 0.15) is 16.8 Å². The van der Waals surface area contributed by atoms with E-state index >= 15 is 0 Å². The Balaban J connectivity index is 2.85. The molecule has 0 spiro atoms. The first-order valence-corrected chi connectivity index (χ1v) is 6.34. The molecule has 0 bridgehead atoms. The Bertz CT molecular complexity index is 423. The van der Waals surface area contributed by atoms with Crippen molar-refractivity contribution in [3.63, 3.8) is 0 Å². The van der Waals surface area contributed by atoms with E-state index < -0.39 is 0 Å². The highest BCUT2D eigenvalue weighted by atomic mass is 35.5. The molecule has 0 aliphatic carbocycles. The summed E-state index contributed by atoms with van der Waals surface area (Å²) in [5, 5.41) is 3.14. The SMILES string of the molecule is CCNC(=O)CN(C)c1cc(Cl)nc(C(C)C)n1. The van der Waals surface area contributed by atoms with Crippen LogP contribution in [0.1, 0.15) is 32.5 Å². The van der Waals surface area contributed by atoms with Crippen molar-refractivity contribution < 1.29 is 4.79 Å². The fraction of sp³-hybridized carbons (Fsp3) is 0.583. The quantitative estimate of drug-likeness (QED) is 0.830. The van der Waals surface area contributed by atoms with Crippen LogP contribution < -0.4 is 10.2 Å². The molecular weight excluding hydrogens is 252 g/mol. The first-order chi connectivity index (χ1) is 8.43. The van der Waals surface area contributed by atoms with E-state index in [1.807, 2.05) is 20.8 Å². The van der Waals surface area contributed by atoms with Gasteiger partial charge in [-0.25, -0.2) is 9.97 Å². The molecule has 5 nitrogen and oxygen atoms in total. The lowest BCUT2D eigenvalue weighted by Gasteiger charge is -2.18. The van der Waals surface area contributed by atoms with E-state index in [2.05, 4.69) is 15.3 Å². The highest BCUT2D eigenvalue weighted by molar-refractivity contribution is 6.29. The van der Waals surface area contributed by atoms with Crippen LogP contribution in [0, 0.1) is 0 Å². The Labute approximate surface area is 113 Å². The molecule has 6 heteroatoms. The zero-order valence-electron chi connectivity index (χ0n) is 11.2. The number of amides is 1. The lowest BCUT2D eigenvalue weighted by atomic mass is 10.2. The average Bonchev–Trinajstić information content (AvgIpc) is 2.28. The average molecular weight is 271 g/mol. The van der Waals surface area contributed by atoms with Crippen molar-refractivity contribution in [2.45, 2.75) is 26.7 Å². The Morgan fingerprint density at radius 1 is 1.50 bits per heavy atom. The first kappa shape index (κ1) is 14.7. The van der Waals surface area contributed by atoms with Gasteiger partial charge in [-0.3, -0.25) is 4.79 Å². The monoisotopic (exact) mass is 270 g/mol. The Hall–Kier alpha value is -1.36. The molecule has 0 aliphatic rings. The molecule has 1 amide bonds. The van der Waals surface area contributed by atoms with Crippen molar-refractivity contribution in [2.75, 3.05) is 25.0 Å². The maximum atomic E-state index is 11.5. The van der Waals surface area contributed by atoms with Gasteiger partial charge in [-0.2, -0.15) is 0 Å². The zero-order valence-corrected chi connectivity index (χ0v) is 12.0. The number of carbonyl (C=O) groups is 1. The number of nitrogens with one attached hydrogen (secondary N) is 1. The Kier molecular flexibility index (Phi) is 5.34. The van der Waals surface area contributed by atoms with E-state index in [4.69, 9.17) is 11.6 Å². The summed E-state index contributed by atoms with van der Waals surface area (Å²) in [5.74, 6) is 1.49. The molecular formula is C12H19ClN4O. The number of carbonyl (C=O) groups excluding carboxylic acids is 1. The highest BCUT2D eigenvalue weighted by Gasteiger charge is 2.12. The van der Waals surface area contributed by atoms with Crippen molar-refractivity contribution in [3.8, 4) is 0 Å². The summed E-state index contributed by atoms with van der Waals surface area (Å²) < 4.78 is 0. The summed E-state index contributed by atoms with van der Waals surface area (Å²) in [6, 6.07) is 1.66. The number of nitrogens with zero attached hydrogens (tertiary/aromatic N) is 3. The van der Waals surface area contributed by atoms with Gasteiger partial charge in [0.05, 0.1) is 6.54 Å². The molecule has 1 rings (SSSR count). The fourth-order valence-electron chi connectivity index (χ4n) is 1.43. The van der Waals surface area contributed by atoms with Crippen molar-refractivity contribution in [2.24, 2.45) is 0 Å². The molecule has 100 valence electrons. The molecule has 0 saturated heterocycles. The highest BCUT2D eigenvalue weighted by Crippen LogP contribution is 2.18. The maximum absolute atomic E-state index is 11.5. The van der Waals surface area contributed by atoms with Crippen LogP contribution in [-0.2, 0) is 4.79 Å². The normalized spacial score (nSPS) is 10.6. The summed E-state index contributed by atoms with van der Waals surface area (Å²) >= 11 is 5.96. The summed E-state index contributed by atoms with van der Waals surface area (Å²) in [7, 11) is 1.80. The van der Waals surface area contributed by atoms with Gasteiger partial charge in [0.15, 0.2) is 0 Å². The predicted octanol–water partition coefficient (Wildman–Crippen LogP) is 1.83. The standard InChI is InChI=1S/C12H19ClN4O/c1-5-14-11(18)7-17(4)10-6-9(13)15-12(16-10)8(2)3/h6,8H,5,7H2,1-4H3,(H,14,18). The number of halogens is 1. The number of hydrogen-bond acceptors (Lipinski definition) is 4. The van der Waals surface area contributed by atoms with Gasteiger partial charge >= 0.3 is 0 Å². The lowest BCUT2D eigenvalue weighted by molar-refractivity contribution is -0.119. The van der Waals surface area contributed by atoms with Crippen LogP contribution in [0.25, 0.3) is 0 Å². The van der Waals surface area contributed by atoms with Crippen LogP contribution in [0.5, 0.6) is 0 Å². The molecule has 0 unspecified atom stereocenters. The number of hydrogen-bond donors (Lipinski definition) is 1. The van der Waals surface area contributed by atoms with Gasteiger partial charge < -0.3 is 10.2 Å². The van der Waals surface area contributed by atoms with Crippen molar-refractivity contribution in [3.05, 3.63) is 17.0 Å². The third-order valence-corrected chi connectivity index (χ3v) is 2.55. The summed E-state index contributed by atoms with van der Waals surface area (Å²) in [6.07, 6.45) is 0. The molecule has 1 aromatic heterocycles. The maximum Gasteiger partial charge on any atom is 0.239 e. The van der Waals surface area contributed by atoms with Gasteiger partial charge in [-0.15, -0.1) is 0 Å². The van der Waals surface area contributed by atoms with Gasteiger partial charge in [0.25, 0.3) is 0 Å². The molecule has 0 aromatic carbocycles. The molecule has 1 heterocycles. The minimum atomic E-state index is -0.0409. The van der Waals surface area contributed by atoms with E-state index in [9.17, 15) is 4.79 Å². The minimum Gasteiger partial charge on any atom is -0.355 e. The molecule has 0 aliphatic heterocycles. The van der Waals surface area contributed by atoms with Gasteiger partial charge in [0.2, 0.25) is 5.91 Å². The molecule has 18 heavy (non-hydrogen) atoms. The molecule has 1 aromatic rings. The second kappa shape index (κ2) is 6.54. The largest absolute Gasteiger partial charge is 0.355 e. The van der Waals surface area contributed by atoms with Crippen LogP contribution in [0.2, 0.25) is 5.15 Å². The molecule has 0 radical (unpaired) electrons. The third kappa shape index (κ3) is 4.14. The number of aromatic nitrogens is 2. The van der Waals surface area contributed by atoms with Crippen LogP contribution in [0.4, 0.5) is 5.82 Å². The van der Waals surface area contributed by atoms with Gasteiger partial charge in [-0.05, 0) is 6.92 Å². The van der Waals surface area contributed by atoms with Crippen LogP contribution in [-0.4, -0.2) is 36.0 Å². The molecule has 0 atom stereocenters. The summed E-state index contributed by atoms with van der Waals surface area (Å²) in [5.41, 5.74) is 0. The van der Waals surface area contributed by atoms with Crippen molar-refractivity contribution >= 4 is 23.3 Å². The van der Waals surface area contributed by atoms with E-state index in [1.54, 1.807) is 18.0 Å². The molecule has 0 saturated carbocycles. The van der Waals surface area contributed by atoms with Crippen LogP contribution in [0.15, 0.2) is 6.07 Å². The van der Waals surface area contributed by atoms with Crippen LogP contribution in [0.3, 0.4) is 0 Å². The topological polar surface area (TPSA) is 58.1 Å². The smallest absolute Gasteiger partial charge is 0.239 e. The Morgan fingerprint density at radius 2 is 2.17 bits per heavy atom. The van der Waals surface area contributed by atoms with Gasteiger partial charge in [-0.1, -0.05) is 25.4 Å². The molecule has 0 fully saturated rings. The summed E-state index contributed by atoms with van der Waals surface area (Å²) in [4.78, 5) is 21.8. The molecule has 1 N–H and O–H groups in total. The van der Waals surface area contributed by atoms with E-state index in [0.29, 0.717) is 23.3 Å². The minimum absolute atomic E-state index is 0.0409. The van der Waals surface area contributed by atoms with Crippen LogP contribution >= 0.6 is 11.6 Å². The number of anilines is 1. The fourth-order valence-corrected chi connectivity index (χ4v) is 1.61. The summed E-state index contributed by atoms with van der Waals surface area (Å²) in [6.45, 7) is 6.75. The van der Waals surface area contributed by atoms with E-state index in [0.717, 1.165) is 0 Å².